The minimum Gasteiger partial charge on any atom is -0.471 e. The fourth-order valence-corrected chi connectivity index (χ4v) is 2.46. The zero-order chi connectivity index (χ0) is 19.4. The molecule has 1 aromatic carbocycles. The number of hydrogen-bond acceptors (Lipinski definition) is 5. The Bertz CT molecular complexity index is 975. The maximum atomic E-state index is 12.4. The Hall–Kier alpha value is -3.62. The molecule has 27 heavy (non-hydrogen) atoms. The summed E-state index contributed by atoms with van der Waals surface area (Å²) < 4.78 is 8.68. The molecular formula is C18H20N6O3. The third-order valence-electron chi connectivity index (χ3n) is 3.84. The van der Waals surface area contributed by atoms with Crippen LogP contribution in [0.4, 0.5) is 5.69 Å². The summed E-state index contributed by atoms with van der Waals surface area (Å²) in [5, 5.41) is 13.4. The second-order valence-electron chi connectivity index (χ2n) is 5.88. The van der Waals surface area contributed by atoms with Crippen molar-refractivity contribution in [3.63, 3.8) is 0 Å². The smallest absolute Gasteiger partial charge is 0.276 e. The summed E-state index contributed by atoms with van der Waals surface area (Å²) in [4.78, 5) is 24.3. The van der Waals surface area contributed by atoms with Crippen molar-refractivity contribution < 1.29 is 14.3 Å². The van der Waals surface area contributed by atoms with Crippen molar-refractivity contribution >= 4 is 17.5 Å². The number of hydrogen-bond donors (Lipinski definition) is 2. The van der Waals surface area contributed by atoms with Crippen LogP contribution in [-0.4, -0.2) is 38.4 Å². The molecule has 0 aliphatic carbocycles. The van der Waals surface area contributed by atoms with E-state index in [-0.39, 0.29) is 24.0 Å². The van der Waals surface area contributed by atoms with Crippen LogP contribution in [0.2, 0.25) is 0 Å². The Morgan fingerprint density at radius 1 is 1.15 bits per heavy atom. The van der Waals surface area contributed by atoms with Gasteiger partial charge >= 0.3 is 0 Å². The van der Waals surface area contributed by atoms with Gasteiger partial charge in [-0.3, -0.25) is 14.3 Å². The number of anilines is 1. The van der Waals surface area contributed by atoms with E-state index in [1.807, 2.05) is 31.2 Å². The van der Waals surface area contributed by atoms with Gasteiger partial charge < -0.3 is 15.4 Å². The predicted octanol–water partition coefficient (Wildman–Crippen LogP) is 1.57. The molecule has 9 nitrogen and oxygen atoms in total. The number of rotatable bonds is 6. The first kappa shape index (κ1) is 18.2. The first-order valence-corrected chi connectivity index (χ1v) is 8.27. The van der Waals surface area contributed by atoms with Gasteiger partial charge in [-0.25, -0.2) is 4.68 Å². The van der Waals surface area contributed by atoms with Crippen molar-refractivity contribution in [3.8, 4) is 5.75 Å². The molecule has 0 aliphatic rings. The van der Waals surface area contributed by atoms with E-state index >= 15 is 0 Å². The van der Waals surface area contributed by atoms with Crippen molar-refractivity contribution in [3.05, 3.63) is 59.7 Å². The highest BCUT2D eigenvalue weighted by Crippen LogP contribution is 2.17. The van der Waals surface area contributed by atoms with E-state index in [1.54, 1.807) is 25.5 Å². The number of carbonyl (C=O) groups is 2. The Labute approximate surface area is 155 Å². The van der Waals surface area contributed by atoms with Crippen LogP contribution in [0.25, 0.3) is 0 Å². The molecule has 2 amide bonds. The van der Waals surface area contributed by atoms with Crippen LogP contribution >= 0.6 is 0 Å². The lowest BCUT2D eigenvalue weighted by atomic mass is 10.2. The Kier molecular flexibility index (Phi) is 5.20. The molecule has 0 radical (unpaired) electrons. The molecule has 0 unspecified atom stereocenters. The van der Waals surface area contributed by atoms with Crippen LogP contribution in [0.15, 0.2) is 42.7 Å². The standard InChI is InChI=1S/C18H20N6O3/c1-12-6-4-5-7-15(12)27-11-24-9-8-13(21-24)17(25)20-14-10-23(3)22-16(14)18(26)19-2/h4-10H,11H2,1-3H3,(H,19,26)(H,20,25). The van der Waals surface area contributed by atoms with Crippen molar-refractivity contribution in [1.29, 1.82) is 0 Å². The lowest BCUT2D eigenvalue weighted by Gasteiger charge is -2.08. The molecular weight excluding hydrogens is 348 g/mol. The third-order valence-corrected chi connectivity index (χ3v) is 3.84. The normalized spacial score (nSPS) is 10.5. The second kappa shape index (κ2) is 7.73. The van der Waals surface area contributed by atoms with Crippen LogP contribution in [0, 0.1) is 6.92 Å². The van der Waals surface area contributed by atoms with E-state index in [1.165, 1.54) is 16.4 Å². The summed E-state index contributed by atoms with van der Waals surface area (Å²) in [5.41, 5.74) is 1.67. The first-order valence-electron chi connectivity index (χ1n) is 8.27. The van der Waals surface area contributed by atoms with Gasteiger partial charge in [-0.2, -0.15) is 10.2 Å². The van der Waals surface area contributed by atoms with Gasteiger partial charge in [0.1, 0.15) is 5.75 Å². The summed E-state index contributed by atoms with van der Waals surface area (Å²) in [6, 6.07) is 9.23. The van der Waals surface area contributed by atoms with E-state index in [4.69, 9.17) is 4.74 Å². The van der Waals surface area contributed by atoms with E-state index in [2.05, 4.69) is 20.8 Å². The lowest BCUT2D eigenvalue weighted by Crippen LogP contribution is -2.21. The van der Waals surface area contributed by atoms with E-state index in [0.29, 0.717) is 5.69 Å². The van der Waals surface area contributed by atoms with Crippen molar-refractivity contribution in [2.75, 3.05) is 12.4 Å². The van der Waals surface area contributed by atoms with Gasteiger partial charge in [-0.05, 0) is 24.6 Å². The van der Waals surface area contributed by atoms with Gasteiger partial charge in [0, 0.05) is 26.5 Å². The average Bonchev–Trinajstić information content (AvgIpc) is 3.27. The van der Waals surface area contributed by atoms with Crippen LogP contribution in [-0.2, 0) is 13.8 Å². The number of nitrogens with one attached hydrogen (secondary N) is 2. The molecule has 2 aromatic heterocycles. The summed E-state index contributed by atoms with van der Waals surface area (Å²) in [6.07, 6.45) is 3.21. The highest BCUT2D eigenvalue weighted by Gasteiger charge is 2.18. The number of nitrogens with zero attached hydrogens (tertiary/aromatic N) is 4. The highest BCUT2D eigenvalue weighted by atomic mass is 16.5. The predicted molar refractivity (Wildman–Crippen MR) is 98.6 cm³/mol. The number of para-hydroxylation sites is 1. The number of amides is 2. The van der Waals surface area contributed by atoms with Gasteiger partial charge in [-0.1, -0.05) is 18.2 Å². The summed E-state index contributed by atoms with van der Waals surface area (Å²) in [6.45, 7) is 2.13. The van der Waals surface area contributed by atoms with Gasteiger partial charge in [0.05, 0.1) is 5.69 Å². The number of aryl methyl sites for hydroxylation is 2. The van der Waals surface area contributed by atoms with Gasteiger partial charge in [0.2, 0.25) is 0 Å². The summed E-state index contributed by atoms with van der Waals surface area (Å²) in [7, 11) is 3.17. The Morgan fingerprint density at radius 3 is 2.67 bits per heavy atom. The molecule has 140 valence electrons. The SMILES string of the molecule is CNC(=O)c1nn(C)cc1NC(=O)c1ccn(COc2ccccc2C)n1. The largest absolute Gasteiger partial charge is 0.471 e. The monoisotopic (exact) mass is 368 g/mol. The quantitative estimate of drug-likeness (QED) is 0.687. The van der Waals surface area contributed by atoms with Crippen LogP contribution in [0.1, 0.15) is 26.5 Å². The van der Waals surface area contributed by atoms with Crippen molar-refractivity contribution in [2.45, 2.75) is 13.7 Å². The topological polar surface area (TPSA) is 103 Å². The van der Waals surface area contributed by atoms with E-state index in [9.17, 15) is 9.59 Å². The number of ether oxygens (including phenoxy) is 1. The van der Waals surface area contributed by atoms with E-state index < -0.39 is 5.91 Å². The molecule has 0 bridgehead atoms. The molecule has 3 aromatic rings. The fourth-order valence-electron chi connectivity index (χ4n) is 2.46. The lowest BCUT2D eigenvalue weighted by molar-refractivity contribution is 0.0958. The molecule has 0 saturated heterocycles. The van der Waals surface area contributed by atoms with Gasteiger partial charge in [0.25, 0.3) is 11.8 Å². The minimum absolute atomic E-state index is 0.135. The molecule has 0 spiro atoms. The molecule has 2 N–H and O–H groups in total. The highest BCUT2D eigenvalue weighted by molar-refractivity contribution is 6.07. The van der Waals surface area contributed by atoms with Gasteiger partial charge in [-0.15, -0.1) is 0 Å². The number of carbonyl (C=O) groups excluding carboxylic acids is 2. The summed E-state index contributed by atoms with van der Waals surface area (Å²) in [5.74, 6) is -0.0737. The van der Waals surface area contributed by atoms with E-state index in [0.717, 1.165) is 11.3 Å². The maximum Gasteiger partial charge on any atom is 0.276 e. The Balaban J connectivity index is 1.67. The molecule has 0 saturated carbocycles. The summed E-state index contributed by atoms with van der Waals surface area (Å²) >= 11 is 0. The van der Waals surface area contributed by atoms with Crippen molar-refractivity contribution in [2.24, 2.45) is 7.05 Å². The number of benzene rings is 1. The van der Waals surface area contributed by atoms with Gasteiger partial charge in [0.15, 0.2) is 18.1 Å². The Morgan fingerprint density at radius 2 is 1.93 bits per heavy atom. The molecule has 3 rings (SSSR count). The van der Waals surface area contributed by atoms with Crippen LogP contribution < -0.4 is 15.4 Å². The average molecular weight is 368 g/mol. The fraction of sp³-hybridized carbons (Fsp3) is 0.222. The first-order chi connectivity index (χ1) is 13.0. The molecule has 0 fully saturated rings. The zero-order valence-corrected chi connectivity index (χ0v) is 15.3. The molecule has 2 heterocycles. The zero-order valence-electron chi connectivity index (χ0n) is 15.3. The number of aromatic nitrogens is 4. The maximum absolute atomic E-state index is 12.4. The molecule has 0 aliphatic heterocycles. The van der Waals surface area contributed by atoms with Crippen molar-refractivity contribution in [1.82, 2.24) is 24.9 Å². The molecule has 9 heteroatoms. The molecule has 0 atom stereocenters. The third kappa shape index (κ3) is 4.14. The van der Waals surface area contributed by atoms with Crippen LogP contribution in [0.3, 0.4) is 0 Å². The van der Waals surface area contributed by atoms with Crippen LogP contribution in [0.5, 0.6) is 5.75 Å². The second-order valence-corrected chi connectivity index (χ2v) is 5.88. The minimum atomic E-state index is -0.442.